The maximum absolute atomic E-state index is 12.6. The topological polar surface area (TPSA) is 85.8 Å². The molecule has 0 atom stereocenters. The number of rotatable bonds is 7. The number of hydrogen-bond acceptors (Lipinski definition) is 5. The van der Waals surface area contributed by atoms with Gasteiger partial charge in [-0.3, -0.25) is 9.36 Å². The molecule has 33 heavy (non-hydrogen) atoms. The number of para-hydroxylation sites is 3. The number of nitrogens with one attached hydrogen (secondary N) is 1. The molecule has 0 radical (unpaired) electrons. The number of nitrogens with zero attached hydrogens (tertiary/aromatic N) is 2. The quantitative estimate of drug-likeness (QED) is 0.324. The van der Waals surface area contributed by atoms with Crippen LogP contribution >= 0.6 is 11.6 Å². The third-order valence-electron chi connectivity index (χ3n) is 4.89. The molecule has 0 spiro atoms. The van der Waals surface area contributed by atoms with E-state index >= 15 is 0 Å². The van der Waals surface area contributed by atoms with E-state index in [9.17, 15) is 9.59 Å². The number of carbonyl (C=O) groups excluding carboxylic acids is 1. The SMILES string of the molecule is COc1ccccc1C(/C=C/c1ccccc1Cl)=N/NC(=O)Cn1c(=O)oc2ccccc21. The van der Waals surface area contributed by atoms with Gasteiger partial charge in [-0.05, 0) is 42.0 Å². The predicted octanol–water partition coefficient (Wildman–Crippen LogP) is 4.49. The first-order valence-electron chi connectivity index (χ1n) is 10.1. The molecule has 7 nitrogen and oxygen atoms in total. The minimum atomic E-state index is -0.612. The van der Waals surface area contributed by atoms with E-state index < -0.39 is 11.7 Å². The van der Waals surface area contributed by atoms with Crippen molar-refractivity contribution in [3.05, 3.63) is 106 Å². The minimum absolute atomic E-state index is 0.243. The number of benzene rings is 3. The highest BCUT2D eigenvalue weighted by Gasteiger charge is 2.13. The molecule has 3 aromatic carbocycles. The van der Waals surface area contributed by atoms with Crippen molar-refractivity contribution in [1.29, 1.82) is 0 Å². The Hall–Kier alpha value is -4.10. The maximum atomic E-state index is 12.6. The van der Waals surface area contributed by atoms with E-state index in [1.807, 2.05) is 36.4 Å². The van der Waals surface area contributed by atoms with E-state index in [-0.39, 0.29) is 6.54 Å². The van der Waals surface area contributed by atoms with Crippen molar-refractivity contribution in [3.63, 3.8) is 0 Å². The monoisotopic (exact) mass is 461 g/mol. The first-order chi connectivity index (χ1) is 16.1. The Labute approximate surface area is 194 Å². The molecule has 8 heteroatoms. The highest BCUT2D eigenvalue weighted by Crippen LogP contribution is 2.21. The van der Waals surface area contributed by atoms with Gasteiger partial charge in [-0.25, -0.2) is 10.2 Å². The third kappa shape index (κ3) is 5.05. The van der Waals surface area contributed by atoms with Crippen LogP contribution in [0.5, 0.6) is 5.75 Å². The highest BCUT2D eigenvalue weighted by molar-refractivity contribution is 6.32. The van der Waals surface area contributed by atoms with Gasteiger partial charge in [0.1, 0.15) is 12.3 Å². The van der Waals surface area contributed by atoms with Gasteiger partial charge < -0.3 is 9.15 Å². The molecule has 4 aromatic rings. The van der Waals surface area contributed by atoms with E-state index in [1.165, 1.54) is 4.57 Å². The first-order valence-corrected chi connectivity index (χ1v) is 10.5. The number of allylic oxidation sites excluding steroid dienone is 1. The number of ether oxygens (including phenoxy) is 1. The van der Waals surface area contributed by atoms with Crippen molar-refractivity contribution < 1.29 is 13.9 Å². The second kappa shape index (κ2) is 10.0. The van der Waals surface area contributed by atoms with Crippen LogP contribution in [0.3, 0.4) is 0 Å². The number of hydrazone groups is 1. The summed E-state index contributed by atoms with van der Waals surface area (Å²) in [4.78, 5) is 24.8. The van der Waals surface area contributed by atoms with Crippen molar-refractivity contribution in [2.45, 2.75) is 6.54 Å². The summed E-state index contributed by atoms with van der Waals surface area (Å²) in [5, 5.41) is 4.89. The summed E-state index contributed by atoms with van der Waals surface area (Å²) in [5.41, 5.74) is 5.39. The lowest BCUT2D eigenvalue weighted by Crippen LogP contribution is -2.28. The fourth-order valence-electron chi connectivity index (χ4n) is 3.29. The van der Waals surface area contributed by atoms with E-state index in [0.29, 0.717) is 33.1 Å². The zero-order valence-corrected chi connectivity index (χ0v) is 18.5. The Morgan fingerprint density at radius 1 is 1.09 bits per heavy atom. The Bertz CT molecular complexity index is 1420. The molecule has 0 unspecified atom stereocenters. The van der Waals surface area contributed by atoms with Crippen LogP contribution in [0.4, 0.5) is 0 Å². The molecule has 0 saturated carbocycles. The van der Waals surface area contributed by atoms with Crippen molar-refractivity contribution in [1.82, 2.24) is 9.99 Å². The molecular formula is C25H20ClN3O4. The average Bonchev–Trinajstić information content (AvgIpc) is 3.15. The summed E-state index contributed by atoms with van der Waals surface area (Å²) in [6, 6.07) is 21.6. The lowest BCUT2D eigenvalue weighted by atomic mass is 10.1. The Morgan fingerprint density at radius 2 is 1.82 bits per heavy atom. The molecule has 0 saturated heterocycles. The summed E-state index contributed by atoms with van der Waals surface area (Å²) in [5.74, 6) is -0.507. The van der Waals surface area contributed by atoms with Crippen LogP contribution in [-0.2, 0) is 11.3 Å². The Kier molecular flexibility index (Phi) is 6.71. The van der Waals surface area contributed by atoms with Crippen LogP contribution in [-0.4, -0.2) is 23.3 Å². The van der Waals surface area contributed by atoms with E-state index in [4.69, 9.17) is 20.8 Å². The zero-order chi connectivity index (χ0) is 23.2. The highest BCUT2D eigenvalue weighted by atomic mass is 35.5. The van der Waals surface area contributed by atoms with Gasteiger partial charge in [0, 0.05) is 10.6 Å². The van der Waals surface area contributed by atoms with Crippen molar-refractivity contribution in [2.24, 2.45) is 5.10 Å². The first kappa shape index (κ1) is 22.1. The number of aromatic nitrogens is 1. The van der Waals surface area contributed by atoms with Crippen molar-refractivity contribution in [3.8, 4) is 5.75 Å². The van der Waals surface area contributed by atoms with Gasteiger partial charge in [-0.15, -0.1) is 0 Å². The summed E-state index contributed by atoms with van der Waals surface area (Å²) in [6.07, 6.45) is 3.53. The molecule has 0 fully saturated rings. The molecule has 4 rings (SSSR count). The van der Waals surface area contributed by atoms with Crippen LogP contribution in [0.1, 0.15) is 11.1 Å². The standard InChI is InChI=1S/C25H20ClN3O4/c1-32-22-12-6-3-9-18(22)20(15-14-17-8-2-4-10-19(17)26)27-28-24(30)16-29-21-11-5-7-13-23(21)33-25(29)31/h2-15H,16H2,1H3,(H,28,30)/b15-14+,27-20+. The van der Waals surface area contributed by atoms with Gasteiger partial charge in [0.2, 0.25) is 0 Å². The molecular weight excluding hydrogens is 442 g/mol. The molecule has 0 bridgehead atoms. The van der Waals surface area contributed by atoms with Gasteiger partial charge in [0.25, 0.3) is 5.91 Å². The Balaban J connectivity index is 1.63. The van der Waals surface area contributed by atoms with E-state index in [1.54, 1.807) is 55.7 Å². The van der Waals surface area contributed by atoms with Crippen molar-refractivity contribution >= 4 is 40.4 Å². The zero-order valence-electron chi connectivity index (χ0n) is 17.7. The molecule has 166 valence electrons. The number of amides is 1. The third-order valence-corrected chi connectivity index (χ3v) is 5.23. The molecule has 1 aromatic heterocycles. The summed E-state index contributed by atoms with van der Waals surface area (Å²) >= 11 is 6.26. The van der Waals surface area contributed by atoms with E-state index in [2.05, 4.69) is 10.5 Å². The normalized spacial score (nSPS) is 11.8. The van der Waals surface area contributed by atoms with Crippen LogP contribution < -0.4 is 15.9 Å². The minimum Gasteiger partial charge on any atom is -0.496 e. The fraction of sp³-hybridized carbons (Fsp3) is 0.0800. The lowest BCUT2D eigenvalue weighted by molar-refractivity contribution is -0.121. The van der Waals surface area contributed by atoms with Gasteiger partial charge in [-0.2, -0.15) is 5.10 Å². The molecule has 0 aliphatic carbocycles. The number of fused-ring (bicyclic) bond motifs is 1. The molecule has 1 heterocycles. The number of methoxy groups -OCH3 is 1. The largest absolute Gasteiger partial charge is 0.496 e. The lowest BCUT2D eigenvalue weighted by Gasteiger charge is -2.09. The van der Waals surface area contributed by atoms with Gasteiger partial charge >= 0.3 is 5.76 Å². The van der Waals surface area contributed by atoms with E-state index in [0.717, 1.165) is 5.56 Å². The van der Waals surface area contributed by atoms with Gasteiger partial charge in [0.05, 0.1) is 18.3 Å². The number of halogens is 1. The second-order valence-corrected chi connectivity index (χ2v) is 7.42. The van der Waals surface area contributed by atoms with Crippen LogP contribution in [0.25, 0.3) is 17.2 Å². The smallest absolute Gasteiger partial charge is 0.420 e. The molecule has 1 amide bonds. The van der Waals surface area contributed by atoms with Gasteiger partial charge in [-0.1, -0.05) is 60.1 Å². The number of hydrogen-bond donors (Lipinski definition) is 1. The molecule has 1 N–H and O–H groups in total. The summed E-state index contributed by atoms with van der Waals surface area (Å²) in [6.45, 7) is -0.243. The van der Waals surface area contributed by atoms with Crippen LogP contribution in [0.15, 0.2) is 93.2 Å². The average molecular weight is 462 g/mol. The summed E-state index contributed by atoms with van der Waals surface area (Å²) < 4.78 is 11.9. The summed E-state index contributed by atoms with van der Waals surface area (Å²) in [7, 11) is 1.56. The van der Waals surface area contributed by atoms with Crippen LogP contribution in [0, 0.1) is 0 Å². The number of carbonyl (C=O) groups is 1. The maximum Gasteiger partial charge on any atom is 0.420 e. The van der Waals surface area contributed by atoms with Gasteiger partial charge in [0.15, 0.2) is 5.58 Å². The van der Waals surface area contributed by atoms with Crippen LogP contribution in [0.2, 0.25) is 5.02 Å². The molecule has 0 aliphatic rings. The Morgan fingerprint density at radius 3 is 2.64 bits per heavy atom. The number of oxazole rings is 1. The van der Waals surface area contributed by atoms with Crippen molar-refractivity contribution in [2.75, 3.05) is 7.11 Å². The predicted molar refractivity (Wildman–Crippen MR) is 129 cm³/mol. The molecule has 0 aliphatic heterocycles. The fourth-order valence-corrected chi connectivity index (χ4v) is 3.49. The second-order valence-electron chi connectivity index (χ2n) is 7.01.